The van der Waals surface area contributed by atoms with E-state index in [1.165, 1.54) is 16.4 Å². The number of hydrogen-bond acceptors (Lipinski definition) is 6. The van der Waals surface area contributed by atoms with E-state index in [-0.39, 0.29) is 28.0 Å². The molecule has 2 aromatic rings. The topological polar surface area (TPSA) is 81.5 Å². The summed E-state index contributed by atoms with van der Waals surface area (Å²) in [5.41, 5.74) is 0.262. The van der Waals surface area contributed by atoms with Gasteiger partial charge in [-0.25, -0.2) is 12.7 Å². The Morgan fingerprint density at radius 3 is 2.56 bits per heavy atom. The van der Waals surface area contributed by atoms with E-state index < -0.39 is 15.9 Å². The fraction of sp³-hybridized carbons (Fsp3) is 0.412. The highest BCUT2D eigenvalue weighted by atomic mass is 35.5. The number of para-hydroxylation sites is 1. The molecule has 0 N–H and O–H groups in total. The number of aromatic nitrogens is 2. The number of ether oxygens (including phenoxy) is 1. The zero-order valence-corrected chi connectivity index (χ0v) is 17.8. The SMILES string of the molecule is CCN(C(=O)CSCCOc1ccccc1)S(=O)(=O)c1c(C)nn(C)c1Cl. The number of sulfonamides is 1. The van der Waals surface area contributed by atoms with Gasteiger partial charge in [-0.15, -0.1) is 11.8 Å². The largest absolute Gasteiger partial charge is 0.493 e. The molecule has 0 unspecified atom stereocenters. The lowest BCUT2D eigenvalue weighted by Gasteiger charge is -2.20. The molecule has 0 aliphatic heterocycles. The summed E-state index contributed by atoms with van der Waals surface area (Å²) in [6.07, 6.45) is 0. The van der Waals surface area contributed by atoms with E-state index in [0.717, 1.165) is 10.1 Å². The molecule has 1 aromatic carbocycles. The number of hydrogen-bond donors (Lipinski definition) is 0. The summed E-state index contributed by atoms with van der Waals surface area (Å²) >= 11 is 7.38. The van der Waals surface area contributed by atoms with Gasteiger partial charge in [0.05, 0.1) is 18.1 Å². The van der Waals surface area contributed by atoms with Crippen LogP contribution >= 0.6 is 23.4 Å². The summed E-state index contributed by atoms with van der Waals surface area (Å²) < 4.78 is 33.4. The fourth-order valence-electron chi connectivity index (χ4n) is 2.46. The van der Waals surface area contributed by atoms with Crippen molar-refractivity contribution in [2.45, 2.75) is 18.7 Å². The first-order valence-corrected chi connectivity index (χ1v) is 11.3. The van der Waals surface area contributed by atoms with Crippen LogP contribution in [0.2, 0.25) is 5.15 Å². The number of aryl methyl sites for hydroxylation is 2. The summed E-state index contributed by atoms with van der Waals surface area (Å²) in [4.78, 5) is 12.3. The molecule has 0 radical (unpaired) electrons. The highest BCUT2D eigenvalue weighted by Crippen LogP contribution is 2.27. The molecule has 0 spiro atoms. The lowest BCUT2D eigenvalue weighted by atomic mass is 10.3. The molecule has 0 saturated heterocycles. The molecule has 1 heterocycles. The van der Waals surface area contributed by atoms with E-state index in [2.05, 4.69) is 5.10 Å². The summed E-state index contributed by atoms with van der Waals surface area (Å²) in [7, 11) is -2.50. The minimum absolute atomic E-state index is 0.0114. The highest BCUT2D eigenvalue weighted by Gasteiger charge is 2.33. The second kappa shape index (κ2) is 9.48. The molecule has 148 valence electrons. The average molecular weight is 432 g/mol. The van der Waals surface area contributed by atoms with Gasteiger partial charge in [-0.1, -0.05) is 29.8 Å². The number of carbonyl (C=O) groups excluding carboxylic acids is 1. The predicted molar refractivity (Wildman–Crippen MR) is 107 cm³/mol. The van der Waals surface area contributed by atoms with Crippen molar-refractivity contribution < 1.29 is 17.9 Å². The first-order chi connectivity index (χ1) is 12.8. The average Bonchev–Trinajstić information content (AvgIpc) is 2.88. The van der Waals surface area contributed by atoms with Crippen molar-refractivity contribution in [1.29, 1.82) is 0 Å². The third kappa shape index (κ3) is 5.18. The maximum Gasteiger partial charge on any atom is 0.271 e. The smallest absolute Gasteiger partial charge is 0.271 e. The molecular formula is C17H22ClN3O4S2. The minimum atomic E-state index is -4.05. The number of benzene rings is 1. The van der Waals surface area contributed by atoms with E-state index in [4.69, 9.17) is 16.3 Å². The number of amides is 1. The van der Waals surface area contributed by atoms with Gasteiger partial charge < -0.3 is 4.74 Å². The first-order valence-electron chi connectivity index (χ1n) is 8.29. The van der Waals surface area contributed by atoms with Gasteiger partial charge in [0.2, 0.25) is 5.91 Å². The first kappa shape index (κ1) is 21.6. The highest BCUT2D eigenvalue weighted by molar-refractivity contribution is 8.00. The van der Waals surface area contributed by atoms with Crippen molar-refractivity contribution in [3.63, 3.8) is 0 Å². The van der Waals surface area contributed by atoms with Crippen molar-refractivity contribution in [2.75, 3.05) is 24.7 Å². The van der Waals surface area contributed by atoms with E-state index in [0.29, 0.717) is 12.4 Å². The summed E-state index contributed by atoms with van der Waals surface area (Å²) in [5.74, 6) is 0.845. The maximum atomic E-state index is 12.9. The zero-order valence-electron chi connectivity index (χ0n) is 15.4. The van der Waals surface area contributed by atoms with Crippen LogP contribution in [0.15, 0.2) is 35.2 Å². The van der Waals surface area contributed by atoms with Crippen LogP contribution in [-0.2, 0) is 21.9 Å². The molecule has 10 heteroatoms. The van der Waals surface area contributed by atoms with Crippen molar-refractivity contribution in [3.05, 3.63) is 41.2 Å². The molecule has 1 amide bonds. The molecule has 0 saturated carbocycles. The van der Waals surface area contributed by atoms with E-state index in [9.17, 15) is 13.2 Å². The molecule has 7 nitrogen and oxygen atoms in total. The van der Waals surface area contributed by atoms with Crippen LogP contribution in [0, 0.1) is 6.92 Å². The molecule has 0 aliphatic rings. The number of thioether (sulfide) groups is 1. The minimum Gasteiger partial charge on any atom is -0.493 e. The number of nitrogens with zero attached hydrogens (tertiary/aromatic N) is 3. The third-order valence-electron chi connectivity index (χ3n) is 3.68. The summed E-state index contributed by atoms with van der Waals surface area (Å²) in [5, 5.41) is 4.00. The van der Waals surface area contributed by atoms with Crippen LogP contribution in [0.3, 0.4) is 0 Å². The van der Waals surface area contributed by atoms with Crippen molar-refractivity contribution >= 4 is 39.3 Å². The van der Waals surface area contributed by atoms with Crippen LogP contribution in [-0.4, -0.2) is 53.1 Å². The standard InChI is InChI=1S/C17H22ClN3O4S2/c1-4-21(27(23,24)16-13(2)19-20(3)17(16)18)15(22)12-26-11-10-25-14-8-6-5-7-9-14/h5-9H,4,10-12H2,1-3H3. The molecule has 1 aromatic heterocycles. The molecule has 0 atom stereocenters. The summed E-state index contributed by atoms with van der Waals surface area (Å²) in [6.45, 7) is 3.60. The van der Waals surface area contributed by atoms with Gasteiger partial charge in [-0.2, -0.15) is 5.10 Å². The molecular weight excluding hydrogens is 410 g/mol. The molecule has 2 rings (SSSR count). The molecule has 0 fully saturated rings. The number of carbonyl (C=O) groups is 1. The molecule has 27 heavy (non-hydrogen) atoms. The van der Waals surface area contributed by atoms with Crippen LogP contribution in [0.4, 0.5) is 0 Å². The van der Waals surface area contributed by atoms with Crippen LogP contribution < -0.4 is 4.74 Å². The lowest BCUT2D eigenvalue weighted by Crippen LogP contribution is -2.38. The number of halogens is 1. The zero-order chi connectivity index (χ0) is 20.0. The van der Waals surface area contributed by atoms with E-state index >= 15 is 0 Å². The van der Waals surface area contributed by atoms with Crippen molar-refractivity contribution in [1.82, 2.24) is 14.1 Å². The van der Waals surface area contributed by atoms with Gasteiger partial charge in [0.15, 0.2) is 0 Å². The van der Waals surface area contributed by atoms with Crippen molar-refractivity contribution in [2.24, 2.45) is 7.05 Å². The van der Waals surface area contributed by atoms with Gasteiger partial charge in [0.25, 0.3) is 10.0 Å². The Morgan fingerprint density at radius 2 is 2.00 bits per heavy atom. The monoisotopic (exact) mass is 431 g/mol. The Balaban J connectivity index is 1.95. The second-order valence-electron chi connectivity index (χ2n) is 5.61. The Kier molecular flexibility index (Phi) is 7.58. The molecule has 0 bridgehead atoms. The van der Waals surface area contributed by atoms with E-state index in [1.54, 1.807) is 20.9 Å². The Morgan fingerprint density at radius 1 is 1.33 bits per heavy atom. The van der Waals surface area contributed by atoms with Gasteiger partial charge in [0.1, 0.15) is 15.8 Å². The third-order valence-corrected chi connectivity index (χ3v) is 7.18. The van der Waals surface area contributed by atoms with Gasteiger partial charge in [0, 0.05) is 19.3 Å². The Labute approximate surface area is 168 Å². The van der Waals surface area contributed by atoms with Gasteiger partial charge >= 0.3 is 0 Å². The lowest BCUT2D eigenvalue weighted by molar-refractivity contribution is -0.123. The maximum absolute atomic E-state index is 12.9. The predicted octanol–water partition coefficient (Wildman–Crippen LogP) is 2.73. The fourth-order valence-corrected chi connectivity index (χ4v) is 5.34. The summed E-state index contributed by atoms with van der Waals surface area (Å²) in [6, 6.07) is 9.35. The normalized spacial score (nSPS) is 11.4. The van der Waals surface area contributed by atoms with Gasteiger partial charge in [-0.05, 0) is 26.0 Å². The van der Waals surface area contributed by atoms with Crippen LogP contribution in [0.25, 0.3) is 0 Å². The number of rotatable bonds is 9. The molecule has 0 aliphatic carbocycles. The Bertz CT molecular complexity index is 885. The van der Waals surface area contributed by atoms with Crippen LogP contribution in [0.5, 0.6) is 5.75 Å². The van der Waals surface area contributed by atoms with Crippen molar-refractivity contribution in [3.8, 4) is 5.75 Å². The quantitative estimate of drug-likeness (QED) is 0.568. The van der Waals surface area contributed by atoms with Crippen LogP contribution in [0.1, 0.15) is 12.6 Å². The second-order valence-corrected chi connectivity index (χ2v) is 8.87. The van der Waals surface area contributed by atoms with E-state index in [1.807, 2.05) is 30.3 Å². The Hall–Kier alpha value is -1.71. The van der Waals surface area contributed by atoms with Gasteiger partial charge in [-0.3, -0.25) is 9.48 Å².